The highest BCUT2D eigenvalue weighted by Gasteiger charge is 2.17. The summed E-state index contributed by atoms with van der Waals surface area (Å²) in [6.07, 6.45) is -0.967. The smallest absolute Gasteiger partial charge is 0.131 e. The second-order valence-corrected chi connectivity index (χ2v) is 5.60. The monoisotopic (exact) mass is 348 g/mol. The van der Waals surface area contributed by atoms with Crippen molar-refractivity contribution in [3.63, 3.8) is 0 Å². The minimum atomic E-state index is -0.967. The first kappa shape index (κ1) is 14.2. The molecule has 0 amide bonds. The van der Waals surface area contributed by atoms with E-state index in [1.165, 1.54) is 24.3 Å². The average molecular weight is 349 g/mol. The summed E-state index contributed by atoms with van der Waals surface area (Å²) in [5, 5.41) is 11.7. The van der Waals surface area contributed by atoms with Crippen molar-refractivity contribution in [3.05, 3.63) is 81.8 Å². The van der Waals surface area contributed by atoms with Crippen LogP contribution in [0.3, 0.4) is 0 Å². The molecule has 4 heteroatoms. The van der Waals surface area contributed by atoms with Crippen LogP contribution in [0.4, 0.5) is 8.78 Å². The molecule has 1 nitrogen and oxygen atoms in total. The fourth-order valence-corrected chi connectivity index (χ4v) is 2.98. The van der Waals surface area contributed by atoms with Gasteiger partial charge in [-0.2, -0.15) is 0 Å². The van der Waals surface area contributed by atoms with Crippen molar-refractivity contribution in [2.45, 2.75) is 6.10 Å². The molecular formula is C17H11BrF2O. The highest BCUT2D eigenvalue weighted by atomic mass is 79.9. The van der Waals surface area contributed by atoms with Crippen molar-refractivity contribution < 1.29 is 13.9 Å². The van der Waals surface area contributed by atoms with E-state index in [1.54, 1.807) is 30.3 Å². The first-order valence-corrected chi connectivity index (χ1v) is 7.17. The number of hydrogen-bond acceptors (Lipinski definition) is 1. The Morgan fingerprint density at radius 1 is 0.857 bits per heavy atom. The van der Waals surface area contributed by atoms with Crippen LogP contribution in [0.25, 0.3) is 10.8 Å². The van der Waals surface area contributed by atoms with Gasteiger partial charge in [-0.25, -0.2) is 8.78 Å². The van der Waals surface area contributed by atoms with Crippen LogP contribution in [0.2, 0.25) is 0 Å². The highest BCUT2D eigenvalue weighted by molar-refractivity contribution is 9.10. The van der Waals surface area contributed by atoms with E-state index >= 15 is 0 Å². The van der Waals surface area contributed by atoms with E-state index in [0.29, 0.717) is 26.4 Å². The predicted molar refractivity (Wildman–Crippen MR) is 82.1 cm³/mol. The molecule has 3 aromatic carbocycles. The third kappa shape index (κ3) is 2.57. The summed E-state index contributed by atoms with van der Waals surface area (Å²) in [5.41, 5.74) is 1.12. The highest BCUT2D eigenvalue weighted by Crippen LogP contribution is 2.33. The molecule has 0 aliphatic heterocycles. The molecule has 0 saturated heterocycles. The van der Waals surface area contributed by atoms with Gasteiger partial charge in [0.15, 0.2) is 0 Å². The zero-order chi connectivity index (χ0) is 15.0. The summed E-state index contributed by atoms with van der Waals surface area (Å²) in [6, 6.07) is 13.9. The van der Waals surface area contributed by atoms with Gasteiger partial charge in [0.05, 0.1) is 0 Å². The first-order chi connectivity index (χ1) is 10.1. The van der Waals surface area contributed by atoms with Crippen LogP contribution >= 0.6 is 15.9 Å². The zero-order valence-corrected chi connectivity index (χ0v) is 12.4. The van der Waals surface area contributed by atoms with Gasteiger partial charge < -0.3 is 5.11 Å². The number of benzene rings is 3. The summed E-state index contributed by atoms with van der Waals surface area (Å²) in [6.45, 7) is 0. The van der Waals surface area contributed by atoms with E-state index in [0.717, 1.165) is 0 Å². The van der Waals surface area contributed by atoms with E-state index < -0.39 is 6.10 Å². The molecule has 1 unspecified atom stereocenters. The molecule has 0 aliphatic rings. The fourth-order valence-electron chi connectivity index (χ4n) is 2.41. The maximum atomic E-state index is 13.8. The molecule has 3 rings (SSSR count). The van der Waals surface area contributed by atoms with Crippen LogP contribution in [-0.4, -0.2) is 5.11 Å². The van der Waals surface area contributed by atoms with Crippen molar-refractivity contribution in [3.8, 4) is 0 Å². The Labute approximate surface area is 129 Å². The summed E-state index contributed by atoms with van der Waals surface area (Å²) in [7, 11) is 0. The number of halogens is 3. The quantitative estimate of drug-likeness (QED) is 0.693. The lowest BCUT2D eigenvalue weighted by Gasteiger charge is -2.16. The second kappa shape index (κ2) is 5.54. The van der Waals surface area contributed by atoms with E-state index in [1.807, 2.05) is 0 Å². The standard InChI is InChI=1S/C17H11BrF2O/c18-15-9-10(19)5-6-14(15)17(21)13-7-8-16(20)12-4-2-1-3-11(12)13/h1-9,17,21H. The molecule has 0 aliphatic carbocycles. The summed E-state index contributed by atoms with van der Waals surface area (Å²) in [5.74, 6) is -0.721. The Bertz CT molecular complexity index is 817. The summed E-state index contributed by atoms with van der Waals surface area (Å²) >= 11 is 3.25. The third-order valence-electron chi connectivity index (χ3n) is 3.46. The van der Waals surface area contributed by atoms with Gasteiger partial charge in [0.1, 0.15) is 17.7 Å². The number of fused-ring (bicyclic) bond motifs is 1. The third-order valence-corrected chi connectivity index (χ3v) is 4.14. The van der Waals surface area contributed by atoms with Crippen molar-refractivity contribution in [1.82, 2.24) is 0 Å². The fraction of sp³-hybridized carbons (Fsp3) is 0.0588. The van der Waals surface area contributed by atoms with Crippen LogP contribution in [0.15, 0.2) is 59.1 Å². The summed E-state index contributed by atoms with van der Waals surface area (Å²) in [4.78, 5) is 0. The topological polar surface area (TPSA) is 20.2 Å². The van der Waals surface area contributed by atoms with Crippen molar-refractivity contribution in [1.29, 1.82) is 0 Å². The van der Waals surface area contributed by atoms with Crippen molar-refractivity contribution in [2.75, 3.05) is 0 Å². The predicted octanol–water partition coefficient (Wildman–Crippen LogP) is 4.96. The van der Waals surface area contributed by atoms with Crippen molar-refractivity contribution in [2.24, 2.45) is 0 Å². The molecule has 0 fully saturated rings. The van der Waals surface area contributed by atoms with E-state index in [9.17, 15) is 13.9 Å². The zero-order valence-electron chi connectivity index (χ0n) is 10.9. The van der Waals surface area contributed by atoms with Crippen LogP contribution in [0, 0.1) is 11.6 Å². The molecule has 1 atom stereocenters. The summed E-state index contributed by atoms with van der Waals surface area (Å²) < 4.78 is 27.5. The normalized spacial score (nSPS) is 12.6. The minimum absolute atomic E-state index is 0.334. The van der Waals surface area contributed by atoms with Crippen molar-refractivity contribution >= 4 is 26.7 Å². The van der Waals surface area contributed by atoms with Gasteiger partial charge in [0, 0.05) is 9.86 Å². The largest absolute Gasteiger partial charge is 0.384 e. The Kier molecular flexibility index (Phi) is 3.74. The van der Waals surface area contributed by atoms with Gasteiger partial charge in [-0.3, -0.25) is 0 Å². The lowest BCUT2D eigenvalue weighted by molar-refractivity contribution is 0.221. The molecule has 0 aromatic heterocycles. The van der Waals surface area contributed by atoms with Gasteiger partial charge in [-0.05, 0) is 34.7 Å². The SMILES string of the molecule is OC(c1ccc(F)cc1Br)c1ccc(F)c2ccccc12. The van der Waals surface area contributed by atoms with Gasteiger partial charge in [0.2, 0.25) is 0 Å². The van der Waals surface area contributed by atoms with Gasteiger partial charge in [0.25, 0.3) is 0 Å². The Morgan fingerprint density at radius 3 is 2.24 bits per heavy atom. The van der Waals surface area contributed by atoms with Crippen LogP contribution in [-0.2, 0) is 0 Å². The number of rotatable bonds is 2. The molecule has 0 spiro atoms. The Balaban J connectivity index is 2.18. The maximum Gasteiger partial charge on any atom is 0.131 e. The van der Waals surface area contributed by atoms with E-state index in [2.05, 4.69) is 15.9 Å². The molecular weight excluding hydrogens is 338 g/mol. The minimum Gasteiger partial charge on any atom is -0.384 e. The molecule has 3 aromatic rings. The Hall–Kier alpha value is -1.78. The molecule has 0 radical (unpaired) electrons. The molecule has 0 heterocycles. The van der Waals surface area contributed by atoms with Crippen LogP contribution in [0.1, 0.15) is 17.2 Å². The molecule has 0 saturated carbocycles. The lowest BCUT2D eigenvalue weighted by atomic mass is 9.95. The average Bonchev–Trinajstić information content (AvgIpc) is 2.47. The van der Waals surface area contributed by atoms with E-state index in [-0.39, 0.29) is 11.6 Å². The first-order valence-electron chi connectivity index (χ1n) is 6.38. The van der Waals surface area contributed by atoms with Gasteiger partial charge in [-0.1, -0.05) is 52.3 Å². The number of aliphatic hydroxyl groups is 1. The Morgan fingerprint density at radius 2 is 1.52 bits per heavy atom. The molecule has 1 N–H and O–H groups in total. The second-order valence-electron chi connectivity index (χ2n) is 4.75. The number of hydrogen-bond donors (Lipinski definition) is 1. The molecule has 0 bridgehead atoms. The molecule has 21 heavy (non-hydrogen) atoms. The van der Waals surface area contributed by atoms with E-state index in [4.69, 9.17) is 0 Å². The van der Waals surface area contributed by atoms with Crippen LogP contribution < -0.4 is 0 Å². The lowest BCUT2D eigenvalue weighted by Crippen LogP contribution is -2.02. The molecule has 106 valence electrons. The van der Waals surface area contributed by atoms with Crippen LogP contribution in [0.5, 0.6) is 0 Å². The number of aliphatic hydroxyl groups excluding tert-OH is 1. The van der Waals surface area contributed by atoms with Gasteiger partial charge >= 0.3 is 0 Å². The maximum absolute atomic E-state index is 13.8. The van der Waals surface area contributed by atoms with Gasteiger partial charge in [-0.15, -0.1) is 0 Å².